The van der Waals surface area contributed by atoms with E-state index in [1.807, 2.05) is 0 Å². The van der Waals surface area contributed by atoms with Gasteiger partial charge in [0.1, 0.15) is 0 Å². The van der Waals surface area contributed by atoms with Crippen LogP contribution in [0.2, 0.25) is 0 Å². The van der Waals surface area contributed by atoms with Crippen LogP contribution in [-0.4, -0.2) is 47.7 Å². The lowest BCUT2D eigenvalue weighted by Crippen LogP contribution is -2.44. The number of aliphatic hydroxyl groups is 1. The highest BCUT2D eigenvalue weighted by molar-refractivity contribution is 5.82. The molecule has 0 aromatic heterocycles. The molecule has 0 saturated carbocycles. The molecule has 3 N–H and O–H groups in total. The molecule has 1 aliphatic rings. The molecule has 3 rings (SSSR count). The number of carbonyl (C=O) groups is 1. The number of methoxy groups -OCH3 is 2. The summed E-state index contributed by atoms with van der Waals surface area (Å²) in [7, 11) is 2.88. The molecule has 0 radical (unpaired) electrons. The summed E-state index contributed by atoms with van der Waals surface area (Å²) in [6.07, 6.45) is 0.399. The number of hydrogen-bond acceptors (Lipinski definition) is 7. The summed E-state index contributed by atoms with van der Waals surface area (Å²) in [6, 6.07) is 9.56. The SMILES string of the molecule is COc1cc(C[C@H]2COC(=O)C2(O)Cc2ccc(O)c(OC)c2)ccc1O. The summed E-state index contributed by atoms with van der Waals surface area (Å²) in [6.45, 7) is 0.0910. The highest BCUT2D eigenvalue weighted by Gasteiger charge is 2.51. The average molecular weight is 374 g/mol. The van der Waals surface area contributed by atoms with Crippen LogP contribution in [0, 0.1) is 5.92 Å². The van der Waals surface area contributed by atoms with Crippen molar-refractivity contribution in [1.29, 1.82) is 0 Å². The van der Waals surface area contributed by atoms with E-state index >= 15 is 0 Å². The molecule has 1 unspecified atom stereocenters. The number of ether oxygens (including phenoxy) is 3. The fraction of sp³-hybridized carbons (Fsp3) is 0.350. The van der Waals surface area contributed by atoms with Gasteiger partial charge in [-0.3, -0.25) is 0 Å². The highest BCUT2D eigenvalue weighted by Crippen LogP contribution is 2.36. The number of cyclic esters (lactones) is 1. The van der Waals surface area contributed by atoms with Crippen LogP contribution in [0.25, 0.3) is 0 Å². The first kappa shape index (κ1) is 18.8. The molecule has 7 nitrogen and oxygen atoms in total. The Morgan fingerprint density at radius 3 is 2.19 bits per heavy atom. The lowest BCUT2D eigenvalue weighted by Gasteiger charge is -2.26. The Bertz CT molecular complexity index is 848. The van der Waals surface area contributed by atoms with Crippen molar-refractivity contribution in [3.8, 4) is 23.0 Å². The van der Waals surface area contributed by atoms with Crippen molar-refractivity contribution in [2.24, 2.45) is 5.92 Å². The van der Waals surface area contributed by atoms with Crippen LogP contribution >= 0.6 is 0 Å². The van der Waals surface area contributed by atoms with Gasteiger partial charge >= 0.3 is 5.97 Å². The van der Waals surface area contributed by atoms with E-state index in [0.717, 1.165) is 5.56 Å². The highest BCUT2D eigenvalue weighted by atomic mass is 16.6. The molecule has 2 aromatic rings. The third kappa shape index (κ3) is 3.64. The van der Waals surface area contributed by atoms with Crippen LogP contribution in [0.1, 0.15) is 11.1 Å². The second-order valence-electron chi connectivity index (χ2n) is 6.61. The zero-order valence-corrected chi connectivity index (χ0v) is 15.1. The third-order valence-corrected chi connectivity index (χ3v) is 4.89. The summed E-state index contributed by atoms with van der Waals surface area (Å²) in [5.41, 5.74) is -0.262. The quantitative estimate of drug-likeness (QED) is 0.662. The maximum absolute atomic E-state index is 12.3. The molecule has 0 aliphatic carbocycles. The van der Waals surface area contributed by atoms with Crippen LogP contribution < -0.4 is 9.47 Å². The minimum Gasteiger partial charge on any atom is -0.504 e. The van der Waals surface area contributed by atoms with E-state index in [0.29, 0.717) is 17.7 Å². The molecular weight excluding hydrogens is 352 g/mol. The Morgan fingerprint density at radius 2 is 1.59 bits per heavy atom. The van der Waals surface area contributed by atoms with Gasteiger partial charge in [-0.05, 0) is 41.8 Å². The lowest BCUT2D eigenvalue weighted by atomic mass is 9.81. The van der Waals surface area contributed by atoms with Gasteiger partial charge in [0.2, 0.25) is 0 Å². The van der Waals surface area contributed by atoms with Crippen LogP contribution in [0.5, 0.6) is 23.0 Å². The monoisotopic (exact) mass is 374 g/mol. The maximum Gasteiger partial charge on any atom is 0.338 e. The summed E-state index contributed by atoms with van der Waals surface area (Å²) in [4.78, 5) is 12.3. The maximum atomic E-state index is 12.3. The van der Waals surface area contributed by atoms with E-state index in [1.165, 1.54) is 26.4 Å². The Labute approximate surface area is 156 Å². The number of esters is 1. The van der Waals surface area contributed by atoms with Gasteiger partial charge in [0.15, 0.2) is 28.6 Å². The topological polar surface area (TPSA) is 105 Å². The molecule has 1 aliphatic heterocycles. The Hall–Kier alpha value is -2.93. The van der Waals surface area contributed by atoms with Crippen molar-refractivity contribution in [2.45, 2.75) is 18.4 Å². The number of rotatable bonds is 6. The van der Waals surface area contributed by atoms with Crippen LogP contribution in [-0.2, 0) is 22.4 Å². The summed E-state index contributed by atoms with van der Waals surface area (Å²) in [5.74, 6) is -0.558. The van der Waals surface area contributed by atoms with Gasteiger partial charge in [-0.2, -0.15) is 0 Å². The zero-order valence-electron chi connectivity index (χ0n) is 15.1. The van der Waals surface area contributed by atoms with Crippen LogP contribution in [0.15, 0.2) is 36.4 Å². The van der Waals surface area contributed by atoms with Gasteiger partial charge in [-0.15, -0.1) is 0 Å². The first-order valence-electron chi connectivity index (χ1n) is 8.48. The first-order valence-corrected chi connectivity index (χ1v) is 8.48. The minimum absolute atomic E-state index is 0.0185. The third-order valence-electron chi connectivity index (χ3n) is 4.89. The van der Waals surface area contributed by atoms with Gasteiger partial charge in [0, 0.05) is 12.3 Å². The predicted octanol–water partition coefficient (Wildman–Crippen LogP) is 1.80. The van der Waals surface area contributed by atoms with Gasteiger partial charge in [0.25, 0.3) is 0 Å². The second kappa shape index (κ2) is 7.36. The fourth-order valence-corrected chi connectivity index (χ4v) is 3.33. The van der Waals surface area contributed by atoms with Gasteiger partial charge in [0.05, 0.1) is 20.8 Å². The van der Waals surface area contributed by atoms with E-state index in [1.54, 1.807) is 24.3 Å². The van der Waals surface area contributed by atoms with E-state index < -0.39 is 17.5 Å². The number of carbonyl (C=O) groups excluding carboxylic acids is 1. The summed E-state index contributed by atoms with van der Waals surface area (Å²) < 4.78 is 15.3. The Kier molecular flexibility index (Phi) is 5.14. The van der Waals surface area contributed by atoms with Gasteiger partial charge in [-0.1, -0.05) is 12.1 Å². The normalized spacial score (nSPS) is 21.7. The Morgan fingerprint density at radius 1 is 1.04 bits per heavy atom. The minimum atomic E-state index is -1.70. The van der Waals surface area contributed by atoms with E-state index in [9.17, 15) is 20.1 Å². The zero-order chi connectivity index (χ0) is 19.6. The lowest BCUT2D eigenvalue weighted by molar-refractivity contribution is -0.154. The van der Waals surface area contributed by atoms with Crippen molar-refractivity contribution in [3.63, 3.8) is 0 Å². The molecule has 7 heteroatoms. The van der Waals surface area contributed by atoms with E-state index in [2.05, 4.69) is 0 Å². The molecule has 0 bridgehead atoms. The van der Waals surface area contributed by atoms with E-state index in [-0.39, 0.29) is 30.3 Å². The molecule has 0 amide bonds. The van der Waals surface area contributed by atoms with Gasteiger partial charge in [-0.25, -0.2) is 4.79 Å². The predicted molar refractivity (Wildman–Crippen MR) is 96.1 cm³/mol. The molecule has 1 heterocycles. The number of aromatic hydroxyl groups is 2. The fourth-order valence-electron chi connectivity index (χ4n) is 3.33. The van der Waals surface area contributed by atoms with E-state index in [4.69, 9.17) is 14.2 Å². The number of benzene rings is 2. The average Bonchev–Trinajstić information content (AvgIpc) is 2.92. The molecule has 0 spiro atoms. The Balaban J connectivity index is 1.84. The first-order chi connectivity index (χ1) is 12.9. The molecule has 2 atom stereocenters. The van der Waals surface area contributed by atoms with Crippen LogP contribution in [0.3, 0.4) is 0 Å². The number of hydrogen-bond donors (Lipinski definition) is 3. The molecule has 2 aromatic carbocycles. The second-order valence-corrected chi connectivity index (χ2v) is 6.61. The smallest absolute Gasteiger partial charge is 0.338 e. The molecular formula is C20H22O7. The summed E-state index contributed by atoms with van der Waals surface area (Å²) >= 11 is 0. The van der Waals surface area contributed by atoms with Crippen LogP contribution in [0.4, 0.5) is 0 Å². The largest absolute Gasteiger partial charge is 0.504 e. The molecule has 1 saturated heterocycles. The van der Waals surface area contributed by atoms with Crippen molar-refractivity contribution in [2.75, 3.05) is 20.8 Å². The van der Waals surface area contributed by atoms with Crippen molar-refractivity contribution >= 4 is 5.97 Å². The number of phenolic OH excluding ortho intramolecular Hbond substituents is 2. The van der Waals surface area contributed by atoms with Gasteiger partial charge < -0.3 is 29.5 Å². The number of phenols is 2. The molecule has 1 fully saturated rings. The van der Waals surface area contributed by atoms with Crippen molar-refractivity contribution < 1.29 is 34.3 Å². The molecule has 27 heavy (non-hydrogen) atoms. The standard InChI is InChI=1S/C20H22O7/c1-25-17-8-12(3-5-15(17)21)7-14-11-27-19(23)20(14,24)10-13-4-6-16(22)18(9-13)26-2/h3-6,8-9,14,21-22,24H,7,10-11H2,1-2H3/t14-,20?/m0/s1. The molecule has 144 valence electrons. The van der Waals surface area contributed by atoms with Crippen molar-refractivity contribution in [1.82, 2.24) is 0 Å². The van der Waals surface area contributed by atoms with Crippen molar-refractivity contribution in [3.05, 3.63) is 47.5 Å². The summed E-state index contributed by atoms with van der Waals surface area (Å²) in [5, 5.41) is 30.5.